The van der Waals surface area contributed by atoms with Crippen molar-refractivity contribution in [3.8, 4) is 17.2 Å². The van der Waals surface area contributed by atoms with Crippen LogP contribution in [0.25, 0.3) is 0 Å². The van der Waals surface area contributed by atoms with Crippen LogP contribution >= 0.6 is 0 Å². The third-order valence-electron chi connectivity index (χ3n) is 5.47. The Labute approximate surface area is 189 Å². The van der Waals surface area contributed by atoms with Gasteiger partial charge in [0.25, 0.3) is 5.91 Å². The standard InChI is InChI=1S/C23H30N2O6S/c1-16(17-8-13-21(29-2)22(14-17)30-3)24-23(26)15-31-19-9-11-20(12-10-19)32(27,28)25-18-6-4-5-7-18/h8-14,16,18,25H,4-7,15H2,1-3H3,(H,24,26)/t16-/m1/s1. The van der Waals surface area contributed by atoms with Crippen molar-refractivity contribution >= 4 is 15.9 Å². The number of hydrogen-bond acceptors (Lipinski definition) is 6. The molecule has 1 fully saturated rings. The zero-order valence-corrected chi connectivity index (χ0v) is 19.4. The summed E-state index contributed by atoms with van der Waals surface area (Å²) in [7, 11) is -0.434. The minimum absolute atomic E-state index is 0.00674. The van der Waals surface area contributed by atoms with Crippen LogP contribution in [-0.2, 0) is 14.8 Å². The molecule has 1 aliphatic carbocycles. The molecular formula is C23H30N2O6S. The summed E-state index contributed by atoms with van der Waals surface area (Å²) in [6, 6.07) is 11.3. The number of amides is 1. The minimum Gasteiger partial charge on any atom is -0.493 e. The molecule has 0 saturated heterocycles. The summed E-state index contributed by atoms with van der Waals surface area (Å²) < 4.78 is 43.7. The van der Waals surface area contributed by atoms with Gasteiger partial charge in [-0.05, 0) is 61.7 Å². The molecule has 9 heteroatoms. The molecule has 0 heterocycles. The van der Waals surface area contributed by atoms with E-state index >= 15 is 0 Å². The van der Waals surface area contributed by atoms with Gasteiger partial charge in [0.05, 0.1) is 25.2 Å². The molecule has 1 saturated carbocycles. The molecule has 3 rings (SSSR count). The Morgan fingerprint density at radius 3 is 2.31 bits per heavy atom. The first kappa shape index (κ1) is 23.9. The van der Waals surface area contributed by atoms with Crippen molar-refractivity contribution in [2.75, 3.05) is 20.8 Å². The van der Waals surface area contributed by atoms with E-state index in [1.807, 2.05) is 19.1 Å². The van der Waals surface area contributed by atoms with E-state index in [4.69, 9.17) is 14.2 Å². The summed E-state index contributed by atoms with van der Waals surface area (Å²) >= 11 is 0. The quantitative estimate of drug-likeness (QED) is 0.562. The van der Waals surface area contributed by atoms with E-state index < -0.39 is 10.0 Å². The van der Waals surface area contributed by atoms with Gasteiger partial charge in [-0.15, -0.1) is 0 Å². The van der Waals surface area contributed by atoms with Crippen LogP contribution in [0.15, 0.2) is 47.4 Å². The number of nitrogens with one attached hydrogen (secondary N) is 2. The largest absolute Gasteiger partial charge is 0.493 e. The smallest absolute Gasteiger partial charge is 0.258 e. The Hall–Kier alpha value is -2.78. The molecular weight excluding hydrogens is 432 g/mol. The van der Waals surface area contributed by atoms with Crippen LogP contribution < -0.4 is 24.2 Å². The molecule has 1 atom stereocenters. The second-order valence-electron chi connectivity index (χ2n) is 7.77. The Kier molecular flexibility index (Phi) is 7.98. The number of sulfonamides is 1. The van der Waals surface area contributed by atoms with Gasteiger partial charge in [-0.25, -0.2) is 13.1 Å². The maximum absolute atomic E-state index is 12.5. The zero-order chi connectivity index (χ0) is 23.1. The van der Waals surface area contributed by atoms with Crippen molar-refractivity contribution in [1.82, 2.24) is 10.0 Å². The van der Waals surface area contributed by atoms with Gasteiger partial charge in [-0.2, -0.15) is 0 Å². The Bertz CT molecular complexity index is 1020. The third kappa shape index (κ3) is 6.14. The maximum Gasteiger partial charge on any atom is 0.258 e. The number of ether oxygens (including phenoxy) is 3. The average Bonchev–Trinajstić information content (AvgIpc) is 3.29. The van der Waals surface area contributed by atoms with Crippen molar-refractivity contribution < 1.29 is 27.4 Å². The molecule has 32 heavy (non-hydrogen) atoms. The summed E-state index contributed by atoms with van der Waals surface area (Å²) in [5.41, 5.74) is 0.861. The van der Waals surface area contributed by atoms with Crippen LogP contribution in [0, 0.1) is 0 Å². The molecule has 2 aromatic carbocycles. The number of hydrogen-bond donors (Lipinski definition) is 2. The Morgan fingerprint density at radius 1 is 1.03 bits per heavy atom. The van der Waals surface area contributed by atoms with E-state index in [0.717, 1.165) is 31.2 Å². The lowest BCUT2D eigenvalue weighted by Gasteiger charge is -2.17. The fourth-order valence-electron chi connectivity index (χ4n) is 3.68. The minimum atomic E-state index is -3.55. The van der Waals surface area contributed by atoms with Crippen LogP contribution in [-0.4, -0.2) is 41.2 Å². The summed E-state index contributed by atoms with van der Waals surface area (Å²) in [5, 5.41) is 2.87. The van der Waals surface area contributed by atoms with Crippen LogP contribution in [0.5, 0.6) is 17.2 Å². The zero-order valence-electron chi connectivity index (χ0n) is 18.6. The van der Waals surface area contributed by atoms with E-state index in [1.54, 1.807) is 32.4 Å². The van der Waals surface area contributed by atoms with Crippen molar-refractivity contribution in [3.05, 3.63) is 48.0 Å². The molecule has 2 aromatic rings. The molecule has 1 aliphatic rings. The monoisotopic (exact) mass is 462 g/mol. The number of rotatable bonds is 10. The SMILES string of the molecule is COc1ccc([C@@H](C)NC(=O)COc2ccc(S(=O)(=O)NC3CCCC3)cc2)cc1OC. The first-order valence-corrected chi connectivity index (χ1v) is 12.1. The second kappa shape index (κ2) is 10.7. The molecule has 2 N–H and O–H groups in total. The molecule has 0 aromatic heterocycles. The van der Waals surface area contributed by atoms with E-state index in [0.29, 0.717) is 17.2 Å². The van der Waals surface area contributed by atoms with Crippen LogP contribution in [0.1, 0.15) is 44.2 Å². The van der Waals surface area contributed by atoms with Gasteiger partial charge in [0.2, 0.25) is 10.0 Å². The van der Waals surface area contributed by atoms with Gasteiger partial charge in [0.1, 0.15) is 5.75 Å². The van der Waals surface area contributed by atoms with Gasteiger partial charge >= 0.3 is 0 Å². The summed E-state index contributed by atoms with van der Waals surface area (Å²) in [6.45, 7) is 1.67. The van der Waals surface area contributed by atoms with Gasteiger partial charge in [0.15, 0.2) is 18.1 Å². The van der Waals surface area contributed by atoms with Crippen LogP contribution in [0.3, 0.4) is 0 Å². The molecule has 0 aliphatic heterocycles. The number of benzene rings is 2. The lowest BCUT2D eigenvalue weighted by molar-refractivity contribution is -0.123. The van der Waals surface area contributed by atoms with Crippen molar-refractivity contribution in [2.24, 2.45) is 0 Å². The average molecular weight is 463 g/mol. The predicted molar refractivity (Wildman–Crippen MR) is 121 cm³/mol. The highest BCUT2D eigenvalue weighted by Crippen LogP contribution is 2.30. The van der Waals surface area contributed by atoms with Gasteiger partial charge < -0.3 is 19.5 Å². The van der Waals surface area contributed by atoms with Crippen molar-refractivity contribution in [2.45, 2.75) is 49.6 Å². The summed E-state index contributed by atoms with van der Waals surface area (Å²) in [5.74, 6) is 1.31. The first-order chi connectivity index (χ1) is 15.3. The molecule has 8 nitrogen and oxygen atoms in total. The summed E-state index contributed by atoms with van der Waals surface area (Å²) in [4.78, 5) is 12.5. The van der Waals surface area contributed by atoms with Gasteiger partial charge in [-0.1, -0.05) is 18.9 Å². The first-order valence-electron chi connectivity index (χ1n) is 10.6. The van der Waals surface area contributed by atoms with Gasteiger partial charge in [-0.3, -0.25) is 4.79 Å². The maximum atomic E-state index is 12.5. The Morgan fingerprint density at radius 2 is 1.69 bits per heavy atom. The van der Waals surface area contributed by atoms with Crippen molar-refractivity contribution in [3.63, 3.8) is 0 Å². The van der Waals surface area contributed by atoms with Crippen molar-refractivity contribution in [1.29, 1.82) is 0 Å². The third-order valence-corrected chi connectivity index (χ3v) is 7.00. The topological polar surface area (TPSA) is 103 Å². The highest BCUT2D eigenvalue weighted by atomic mass is 32.2. The van der Waals surface area contributed by atoms with E-state index in [1.165, 1.54) is 12.1 Å². The summed E-state index contributed by atoms with van der Waals surface area (Å²) in [6.07, 6.45) is 3.84. The van der Waals surface area contributed by atoms with Gasteiger partial charge in [0, 0.05) is 6.04 Å². The van der Waals surface area contributed by atoms with Crippen LogP contribution in [0.4, 0.5) is 0 Å². The normalized spacial score (nSPS) is 15.2. The molecule has 0 radical (unpaired) electrons. The molecule has 0 bridgehead atoms. The fraction of sp³-hybridized carbons (Fsp3) is 0.435. The van der Waals surface area contributed by atoms with E-state index in [2.05, 4.69) is 10.0 Å². The molecule has 1 amide bonds. The molecule has 0 spiro atoms. The number of methoxy groups -OCH3 is 2. The highest BCUT2D eigenvalue weighted by molar-refractivity contribution is 7.89. The lowest BCUT2D eigenvalue weighted by Crippen LogP contribution is -2.32. The second-order valence-corrected chi connectivity index (χ2v) is 9.48. The van der Waals surface area contributed by atoms with E-state index in [-0.39, 0.29) is 29.5 Å². The van der Waals surface area contributed by atoms with Crippen LogP contribution in [0.2, 0.25) is 0 Å². The highest BCUT2D eigenvalue weighted by Gasteiger charge is 2.23. The predicted octanol–water partition coefficient (Wildman–Crippen LogP) is 3.18. The number of carbonyl (C=O) groups excluding carboxylic acids is 1. The Balaban J connectivity index is 1.52. The molecule has 174 valence electrons. The fourth-order valence-corrected chi connectivity index (χ4v) is 4.99. The molecule has 0 unspecified atom stereocenters. The number of carbonyl (C=O) groups is 1. The lowest BCUT2D eigenvalue weighted by atomic mass is 10.1. The van der Waals surface area contributed by atoms with E-state index in [9.17, 15) is 13.2 Å².